The van der Waals surface area contributed by atoms with E-state index in [0.29, 0.717) is 0 Å². The van der Waals surface area contributed by atoms with Gasteiger partial charge in [0.15, 0.2) is 0 Å². The van der Waals surface area contributed by atoms with Crippen molar-refractivity contribution < 1.29 is 32.7 Å². The van der Waals surface area contributed by atoms with Gasteiger partial charge in [-0.15, -0.1) is 0 Å². The molecule has 0 aliphatic carbocycles. The molecule has 0 aromatic heterocycles. The van der Waals surface area contributed by atoms with Crippen molar-refractivity contribution in [3.63, 3.8) is 0 Å². The summed E-state index contributed by atoms with van der Waals surface area (Å²) in [5, 5.41) is 0. The maximum Gasteiger partial charge on any atom is 4.00 e. The van der Waals surface area contributed by atoms with Crippen molar-refractivity contribution in [2.24, 2.45) is 0 Å². The van der Waals surface area contributed by atoms with Crippen molar-refractivity contribution in [1.82, 2.24) is 0 Å². The van der Waals surface area contributed by atoms with Crippen LogP contribution in [0.4, 0.5) is 0 Å². The summed E-state index contributed by atoms with van der Waals surface area (Å²) < 4.78 is 0. The molecule has 0 aliphatic heterocycles. The molecular formula is H2KLiO2Ti. The summed E-state index contributed by atoms with van der Waals surface area (Å²) >= 11 is 0. The second-order valence-corrected chi connectivity index (χ2v) is 0. The zero-order valence-electron chi connectivity index (χ0n) is 1.32. The van der Waals surface area contributed by atoms with Crippen molar-refractivity contribution in [3.8, 4) is 0 Å². The molecule has 0 fully saturated rings. The molecule has 0 aliphatic rings. The summed E-state index contributed by atoms with van der Waals surface area (Å²) in [5.41, 5.74) is 0. The van der Waals surface area contributed by atoms with Gasteiger partial charge in [0.05, 0.1) is 0 Å². The number of rotatable bonds is 0. The van der Waals surface area contributed by atoms with Gasteiger partial charge in [-0.3, -0.25) is 0 Å². The molecule has 0 amide bonds. The summed E-state index contributed by atoms with van der Waals surface area (Å²) in [6.07, 6.45) is 0. The normalized spacial score (nSPS) is 0. The summed E-state index contributed by atoms with van der Waals surface area (Å²) in [5.74, 6) is 0. The van der Waals surface area contributed by atoms with Crippen LogP contribution in [0.15, 0.2) is 0 Å². The predicted octanol–water partition coefficient (Wildman–Crippen LogP) is -1.54. The van der Waals surface area contributed by atoms with E-state index >= 15 is 0 Å². The minimum atomic E-state index is 0. The second kappa shape index (κ2) is 28.8. The van der Waals surface area contributed by atoms with Crippen LogP contribution in [0.1, 0.15) is 0 Å². The molecule has 20 valence electrons. The minimum absolute atomic E-state index is 0. The topological polar surface area (TPSA) is 57.0 Å². The van der Waals surface area contributed by atoms with Crippen LogP contribution in [0.25, 0.3) is 0 Å². The Morgan fingerprint density at radius 1 is 0.800 bits per heavy atom. The molecule has 0 radical (unpaired) electrons. The van der Waals surface area contributed by atoms with Gasteiger partial charge in [-0.2, -0.15) is 0 Å². The molecule has 0 saturated carbocycles. The molecule has 0 N–H and O–H groups in total. The SMILES string of the molecule is [KH].[LiH].[O-2].[O-2].[Ti+4]. The Labute approximate surface area is 101 Å². The van der Waals surface area contributed by atoms with Crippen LogP contribution in [-0.4, -0.2) is 70.2 Å². The molecule has 0 aromatic rings. The van der Waals surface area contributed by atoms with Crippen molar-refractivity contribution in [3.05, 3.63) is 0 Å². The molecular weight excluding hydrogens is 126 g/mol. The van der Waals surface area contributed by atoms with E-state index < -0.39 is 0 Å². The van der Waals surface area contributed by atoms with Gasteiger partial charge in [-0.1, -0.05) is 0 Å². The van der Waals surface area contributed by atoms with E-state index in [9.17, 15) is 0 Å². The van der Waals surface area contributed by atoms with E-state index in [1.54, 1.807) is 0 Å². The fraction of sp³-hybridized carbons (Fsp3) is 0. The molecule has 5 heavy (non-hydrogen) atoms. The first-order chi connectivity index (χ1) is 0. The van der Waals surface area contributed by atoms with Gasteiger partial charge < -0.3 is 11.0 Å². The quantitative estimate of drug-likeness (QED) is 0.355. The third-order valence-electron chi connectivity index (χ3n) is 0. The van der Waals surface area contributed by atoms with Gasteiger partial charge in [-0.05, 0) is 0 Å². The van der Waals surface area contributed by atoms with Crippen molar-refractivity contribution in [2.45, 2.75) is 0 Å². The monoisotopic (exact) mass is 128 g/mol. The Balaban J connectivity index is 0. The first kappa shape index (κ1) is 45.1. The van der Waals surface area contributed by atoms with Gasteiger partial charge in [0.1, 0.15) is 0 Å². The van der Waals surface area contributed by atoms with Gasteiger partial charge in [-0.25, -0.2) is 0 Å². The zero-order chi connectivity index (χ0) is 0. The first-order valence-electron chi connectivity index (χ1n) is 0. The van der Waals surface area contributed by atoms with Crippen LogP contribution in [0.3, 0.4) is 0 Å². The number of hydrogen-bond acceptors (Lipinski definition) is 0. The molecule has 0 atom stereocenters. The van der Waals surface area contributed by atoms with E-state index in [4.69, 9.17) is 0 Å². The third-order valence-corrected chi connectivity index (χ3v) is 0. The molecule has 2 nitrogen and oxygen atoms in total. The van der Waals surface area contributed by atoms with Gasteiger partial charge in [0.2, 0.25) is 0 Å². The van der Waals surface area contributed by atoms with Crippen LogP contribution in [0.2, 0.25) is 0 Å². The molecule has 0 aromatic carbocycles. The Morgan fingerprint density at radius 3 is 0.800 bits per heavy atom. The smallest absolute Gasteiger partial charge is 2.00 e. The Morgan fingerprint density at radius 2 is 0.800 bits per heavy atom. The van der Waals surface area contributed by atoms with Crippen molar-refractivity contribution in [2.75, 3.05) is 0 Å². The van der Waals surface area contributed by atoms with E-state index in [0.717, 1.165) is 0 Å². The summed E-state index contributed by atoms with van der Waals surface area (Å²) in [6.45, 7) is 0. The second-order valence-electron chi connectivity index (χ2n) is 0. The molecule has 0 rings (SSSR count). The Kier molecular flexibility index (Phi) is 259. The van der Waals surface area contributed by atoms with E-state index in [1.807, 2.05) is 0 Å². The molecule has 0 spiro atoms. The molecule has 0 saturated heterocycles. The average molecular weight is 128 g/mol. The number of hydrogen-bond donors (Lipinski definition) is 0. The molecule has 5 heteroatoms. The van der Waals surface area contributed by atoms with Crippen LogP contribution in [0.5, 0.6) is 0 Å². The maximum absolute atomic E-state index is 0. The largest absolute Gasteiger partial charge is 4.00 e. The van der Waals surface area contributed by atoms with E-state index in [1.165, 1.54) is 0 Å². The fourth-order valence-electron chi connectivity index (χ4n) is 0. The van der Waals surface area contributed by atoms with E-state index in [-0.39, 0.29) is 103 Å². The van der Waals surface area contributed by atoms with E-state index in [2.05, 4.69) is 0 Å². The summed E-state index contributed by atoms with van der Waals surface area (Å²) in [4.78, 5) is 0. The first-order valence-corrected chi connectivity index (χ1v) is 0. The summed E-state index contributed by atoms with van der Waals surface area (Å²) in [6, 6.07) is 0. The third kappa shape index (κ3) is 19.8. The van der Waals surface area contributed by atoms with Gasteiger partial charge in [0.25, 0.3) is 0 Å². The van der Waals surface area contributed by atoms with Crippen LogP contribution >= 0.6 is 0 Å². The van der Waals surface area contributed by atoms with Crippen LogP contribution in [-0.2, 0) is 32.7 Å². The van der Waals surface area contributed by atoms with Gasteiger partial charge in [0, 0.05) is 0 Å². The van der Waals surface area contributed by atoms with Gasteiger partial charge >= 0.3 is 92.0 Å². The van der Waals surface area contributed by atoms with Crippen LogP contribution < -0.4 is 0 Å². The van der Waals surface area contributed by atoms with Crippen LogP contribution in [0, 0.1) is 0 Å². The predicted molar refractivity (Wildman–Crippen MR) is 15.7 cm³/mol. The van der Waals surface area contributed by atoms with Crippen molar-refractivity contribution in [1.29, 1.82) is 0 Å². The average Bonchev–Trinajstić information content (AvgIpc) is 0. The maximum atomic E-state index is 0. The molecule has 0 bridgehead atoms. The summed E-state index contributed by atoms with van der Waals surface area (Å²) in [7, 11) is 0. The molecule has 0 heterocycles. The standard InChI is InChI=1S/K.Li.2O.Ti.2H/q;;2*-2;+4;;. The Hall–Kier alpha value is 2.87. The fourth-order valence-corrected chi connectivity index (χ4v) is 0. The minimum Gasteiger partial charge on any atom is -2.00 e. The Bertz CT molecular complexity index is 9.61. The zero-order valence-corrected chi connectivity index (χ0v) is 2.88. The molecule has 0 unspecified atom stereocenters. The van der Waals surface area contributed by atoms with Crippen molar-refractivity contribution >= 4 is 70.2 Å².